The van der Waals surface area contributed by atoms with Gasteiger partial charge >= 0.3 is 0 Å². The van der Waals surface area contributed by atoms with Gasteiger partial charge in [-0.2, -0.15) is 0 Å². The Kier molecular flexibility index (Phi) is 5.80. The van der Waals surface area contributed by atoms with Crippen LogP contribution >= 0.6 is 11.6 Å². The van der Waals surface area contributed by atoms with Gasteiger partial charge in [-0.1, -0.05) is 29.8 Å². The third kappa shape index (κ3) is 3.85. The van der Waals surface area contributed by atoms with E-state index >= 15 is 0 Å². The van der Waals surface area contributed by atoms with Crippen LogP contribution in [0.1, 0.15) is 36.4 Å². The fourth-order valence-electron chi connectivity index (χ4n) is 3.94. The molecule has 8 heteroatoms. The second-order valence-electron chi connectivity index (χ2n) is 7.16. The summed E-state index contributed by atoms with van der Waals surface area (Å²) in [5.41, 5.74) is 2.11. The summed E-state index contributed by atoms with van der Waals surface area (Å²) < 4.78 is 7.45. The number of ether oxygens (including phenoxy) is 1. The van der Waals surface area contributed by atoms with Crippen molar-refractivity contribution in [2.24, 2.45) is 0 Å². The molecule has 0 bridgehead atoms. The monoisotopic (exact) mass is 414 g/mol. The molecule has 1 fully saturated rings. The average molecular weight is 415 g/mol. The number of hydrogen-bond acceptors (Lipinski definition) is 5. The molecule has 0 unspecified atom stereocenters. The number of rotatable bonds is 5. The van der Waals surface area contributed by atoms with Crippen LogP contribution < -0.4 is 0 Å². The molecule has 0 saturated carbocycles. The zero-order valence-electron chi connectivity index (χ0n) is 16.2. The molecule has 1 atom stereocenters. The first-order valence-electron chi connectivity index (χ1n) is 9.62. The van der Waals surface area contributed by atoms with E-state index in [4.69, 9.17) is 16.3 Å². The highest BCUT2D eigenvalue weighted by atomic mass is 35.5. The summed E-state index contributed by atoms with van der Waals surface area (Å²) in [6.45, 7) is 1.49. The highest BCUT2D eigenvalue weighted by molar-refractivity contribution is 6.31. The van der Waals surface area contributed by atoms with E-state index < -0.39 is 6.10 Å². The molecule has 1 aromatic carbocycles. The van der Waals surface area contributed by atoms with E-state index in [0.29, 0.717) is 30.3 Å². The number of pyridine rings is 1. The van der Waals surface area contributed by atoms with Crippen molar-refractivity contribution in [1.29, 1.82) is 0 Å². The second-order valence-corrected chi connectivity index (χ2v) is 7.56. The number of amides is 1. The Morgan fingerprint density at radius 2 is 2.03 bits per heavy atom. The number of fused-ring (bicyclic) bond motifs is 1. The van der Waals surface area contributed by atoms with E-state index in [-0.39, 0.29) is 11.9 Å². The number of aliphatic hydroxyl groups is 1. The largest absolute Gasteiger partial charge is 0.378 e. The summed E-state index contributed by atoms with van der Waals surface area (Å²) in [7, 11) is 1.65. The van der Waals surface area contributed by atoms with E-state index in [2.05, 4.69) is 14.5 Å². The molecule has 1 saturated heterocycles. The van der Waals surface area contributed by atoms with Crippen molar-refractivity contribution in [1.82, 2.24) is 19.4 Å². The first-order valence-corrected chi connectivity index (χ1v) is 10.00. The van der Waals surface area contributed by atoms with Crippen molar-refractivity contribution < 1.29 is 14.6 Å². The predicted molar refractivity (Wildman–Crippen MR) is 110 cm³/mol. The lowest BCUT2D eigenvalue weighted by atomic mass is 10.0. The Morgan fingerprint density at radius 3 is 2.76 bits per heavy atom. The maximum Gasteiger partial charge on any atom is 0.256 e. The summed E-state index contributed by atoms with van der Waals surface area (Å²) in [5, 5.41) is 10.9. The van der Waals surface area contributed by atoms with Gasteiger partial charge < -0.3 is 19.3 Å². The molecular formula is C21H23ClN4O3. The molecule has 2 aromatic heterocycles. The maximum atomic E-state index is 12.8. The topological polar surface area (TPSA) is 80.5 Å². The first kappa shape index (κ1) is 19.8. The van der Waals surface area contributed by atoms with E-state index in [9.17, 15) is 9.90 Å². The number of aromatic nitrogens is 3. The van der Waals surface area contributed by atoms with Gasteiger partial charge in [0, 0.05) is 43.0 Å². The van der Waals surface area contributed by atoms with E-state index in [1.165, 1.54) is 0 Å². The Bertz CT molecular complexity index is 1010. The van der Waals surface area contributed by atoms with Gasteiger partial charge in [0.1, 0.15) is 17.9 Å². The minimum Gasteiger partial charge on any atom is -0.378 e. The molecule has 1 aliphatic heterocycles. The summed E-state index contributed by atoms with van der Waals surface area (Å²) in [6.07, 6.45) is 2.01. The summed E-state index contributed by atoms with van der Waals surface area (Å²) in [4.78, 5) is 23.6. The minimum atomic E-state index is -1.25. The number of piperidine rings is 1. The molecule has 0 radical (unpaired) electrons. The number of carbonyl (C=O) groups excluding carboxylic acids is 1. The smallest absolute Gasteiger partial charge is 0.256 e. The van der Waals surface area contributed by atoms with Gasteiger partial charge in [0.2, 0.25) is 0 Å². The molecule has 3 aromatic rings. The first-order chi connectivity index (χ1) is 14.1. The number of likely N-dealkylation sites (tertiary alicyclic amines) is 1. The molecule has 152 valence electrons. The Morgan fingerprint density at radius 1 is 1.28 bits per heavy atom. The van der Waals surface area contributed by atoms with Gasteiger partial charge in [0.25, 0.3) is 5.91 Å². The lowest BCUT2D eigenvalue weighted by molar-refractivity contribution is -0.141. The number of benzene rings is 1. The predicted octanol–water partition coefficient (Wildman–Crippen LogP) is 3.13. The van der Waals surface area contributed by atoms with Crippen molar-refractivity contribution in [3.63, 3.8) is 0 Å². The molecular weight excluding hydrogens is 392 g/mol. The average Bonchev–Trinajstić information content (AvgIpc) is 3.11. The van der Waals surface area contributed by atoms with Crippen LogP contribution in [0, 0.1) is 0 Å². The van der Waals surface area contributed by atoms with Crippen molar-refractivity contribution in [2.45, 2.75) is 31.6 Å². The second kappa shape index (κ2) is 8.49. The normalized spacial score (nSPS) is 16.3. The highest BCUT2D eigenvalue weighted by Gasteiger charge is 2.31. The number of methoxy groups -OCH3 is 1. The number of halogens is 1. The number of nitrogens with zero attached hydrogens (tertiary/aromatic N) is 4. The molecule has 1 amide bonds. The summed E-state index contributed by atoms with van der Waals surface area (Å²) in [5.74, 6) is 0.518. The van der Waals surface area contributed by atoms with Crippen LogP contribution in [0.4, 0.5) is 0 Å². The van der Waals surface area contributed by atoms with Crippen LogP contribution in [0.3, 0.4) is 0 Å². The molecule has 0 spiro atoms. The third-order valence-corrected chi connectivity index (χ3v) is 5.71. The minimum absolute atomic E-state index is 0.168. The molecule has 29 heavy (non-hydrogen) atoms. The van der Waals surface area contributed by atoms with Crippen LogP contribution in [0.25, 0.3) is 11.2 Å². The Labute approximate surface area is 173 Å². The Balaban J connectivity index is 1.50. The van der Waals surface area contributed by atoms with Crippen molar-refractivity contribution >= 4 is 28.7 Å². The van der Waals surface area contributed by atoms with E-state index in [1.807, 2.05) is 12.1 Å². The van der Waals surface area contributed by atoms with Gasteiger partial charge in [-0.15, -0.1) is 0 Å². The van der Waals surface area contributed by atoms with Gasteiger partial charge in [0.15, 0.2) is 11.8 Å². The maximum absolute atomic E-state index is 12.8. The van der Waals surface area contributed by atoms with Gasteiger partial charge in [-0.25, -0.2) is 9.97 Å². The summed E-state index contributed by atoms with van der Waals surface area (Å²) >= 11 is 6.14. The number of hydrogen-bond donors (Lipinski definition) is 1. The molecule has 1 aliphatic rings. The van der Waals surface area contributed by atoms with Crippen molar-refractivity contribution in [3.05, 3.63) is 59.0 Å². The van der Waals surface area contributed by atoms with Crippen LogP contribution in [0.5, 0.6) is 0 Å². The quantitative estimate of drug-likeness (QED) is 0.693. The zero-order valence-corrected chi connectivity index (χ0v) is 16.9. The molecule has 4 rings (SSSR count). The van der Waals surface area contributed by atoms with Crippen LogP contribution in [0.15, 0.2) is 42.6 Å². The third-order valence-electron chi connectivity index (χ3n) is 5.37. The highest BCUT2D eigenvalue weighted by Crippen LogP contribution is 2.30. The van der Waals surface area contributed by atoms with Crippen LogP contribution in [-0.2, 0) is 16.1 Å². The van der Waals surface area contributed by atoms with E-state index in [1.54, 1.807) is 42.5 Å². The van der Waals surface area contributed by atoms with Gasteiger partial charge in [-0.05, 0) is 31.0 Å². The lowest BCUT2D eigenvalue weighted by Crippen LogP contribution is -2.41. The SMILES string of the molecule is COCc1nc2cccnc2n1C1CCN(C(=O)[C@@H](O)c2ccccc2Cl)CC1. The fourth-order valence-corrected chi connectivity index (χ4v) is 4.18. The van der Waals surface area contributed by atoms with Gasteiger partial charge in [0.05, 0.1) is 0 Å². The van der Waals surface area contributed by atoms with E-state index in [0.717, 1.165) is 29.8 Å². The molecule has 1 N–H and O–H groups in total. The number of aliphatic hydroxyl groups excluding tert-OH is 1. The molecule has 7 nitrogen and oxygen atoms in total. The molecule has 3 heterocycles. The lowest BCUT2D eigenvalue weighted by Gasteiger charge is -2.34. The Hall–Kier alpha value is -2.48. The zero-order chi connectivity index (χ0) is 20.4. The van der Waals surface area contributed by atoms with Gasteiger partial charge in [-0.3, -0.25) is 4.79 Å². The van der Waals surface area contributed by atoms with Crippen molar-refractivity contribution in [3.8, 4) is 0 Å². The van der Waals surface area contributed by atoms with Crippen molar-refractivity contribution in [2.75, 3.05) is 20.2 Å². The fraction of sp³-hybridized carbons (Fsp3) is 0.381. The van der Waals surface area contributed by atoms with Crippen LogP contribution in [-0.4, -0.2) is 50.6 Å². The van der Waals surface area contributed by atoms with Crippen LogP contribution in [0.2, 0.25) is 5.02 Å². The molecule has 0 aliphatic carbocycles. The summed E-state index contributed by atoms with van der Waals surface area (Å²) in [6, 6.07) is 10.9. The standard InChI is InChI=1S/C21H23ClN4O3/c1-29-13-18-24-17-7-4-10-23-20(17)26(18)14-8-11-25(12-9-14)21(28)19(27)15-5-2-3-6-16(15)22/h2-7,10,14,19,27H,8-9,11-13H2,1H3/t19-/m0/s1. The number of imidazole rings is 1. The number of carbonyl (C=O) groups is 1.